The van der Waals surface area contributed by atoms with Gasteiger partial charge in [-0.05, 0) is 5.41 Å². The zero-order valence-corrected chi connectivity index (χ0v) is 10.4. The molecule has 5 heteroatoms. The molecule has 0 aliphatic carbocycles. The van der Waals surface area contributed by atoms with E-state index in [9.17, 15) is 13.2 Å². The van der Waals surface area contributed by atoms with Crippen molar-refractivity contribution in [2.45, 2.75) is 27.2 Å². The van der Waals surface area contributed by atoms with Gasteiger partial charge in [-0.2, -0.15) is 0 Å². The van der Waals surface area contributed by atoms with E-state index in [-0.39, 0.29) is 22.8 Å². The number of sulfone groups is 1. The summed E-state index contributed by atoms with van der Waals surface area (Å²) in [5.74, 6) is 0.295. The van der Waals surface area contributed by atoms with Crippen molar-refractivity contribution < 1.29 is 13.2 Å². The lowest BCUT2D eigenvalue weighted by molar-refractivity contribution is -0.132. The molecule has 1 fully saturated rings. The van der Waals surface area contributed by atoms with Crippen LogP contribution in [0.3, 0.4) is 0 Å². The van der Waals surface area contributed by atoms with Gasteiger partial charge in [0.15, 0.2) is 9.84 Å². The fourth-order valence-electron chi connectivity index (χ4n) is 1.53. The lowest BCUT2D eigenvalue weighted by atomic mass is 9.91. The average molecular weight is 233 g/mol. The van der Waals surface area contributed by atoms with Crippen LogP contribution in [0.1, 0.15) is 27.2 Å². The quantitative estimate of drug-likeness (QED) is 0.669. The van der Waals surface area contributed by atoms with Crippen molar-refractivity contribution in [1.29, 1.82) is 0 Å². The van der Waals surface area contributed by atoms with E-state index in [1.54, 1.807) is 4.90 Å². The predicted octanol–water partition coefficient (Wildman–Crippen LogP) is 0.680. The molecule has 1 aliphatic rings. The Morgan fingerprint density at radius 2 is 1.67 bits per heavy atom. The Labute approximate surface area is 91.6 Å². The molecular formula is C10H19NO3S. The second-order valence-electron chi connectivity index (χ2n) is 5.27. The maximum atomic E-state index is 11.8. The monoisotopic (exact) mass is 233 g/mol. The van der Waals surface area contributed by atoms with Crippen LogP contribution in [0.5, 0.6) is 0 Å². The molecule has 0 spiro atoms. The molecule has 0 radical (unpaired) electrons. The molecule has 0 aromatic carbocycles. The van der Waals surface area contributed by atoms with Gasteiger partial charge in [-0.25, -0.2) is 8.42 Å². The molecule has 0 atom stereocenters. The van der Waals surface area contributed by atoms with Gasteiger partial charge in [-0.3, -0.25) is 4.79 Å². The van der Waals surface area contributed by atoms with Gasteiger partial charge < -0.3 is 4.90 Å². The summed E-state index contributed by atoms with van der Waals surface area (Å²) in [6, 6.07) is 0. The van der Waals surface area contributed by atoms with Crippen LogP contribution in [-0.2, 0) is 14.6 Å². The molecule has 1 heterocycles. The van der Waals surface area contributed by atoms with Crippen molar-refractivity contribution >= 4 is 15.7 Å². The second-order valence-corrected chi connectivity index (χ2v) is 7.57. The summed E-state index contributed by atoms with van der Waals surface area (Å²) in [4.78, 5) is 13.4. The van der Waals surface area contributed by atoms with Crippen LogP contribution in [0, 0.1) is 5.41 Å². The van der Waals surface area contributed by atoms with E-state index in [4.69, 9.17) is 0 Å². The van der Waals surface area contributed by atoms with Crippen molar-refractivity contribution in [3.63, 3.8) is 0 Å². The Balaban J connectivity index is 2.51. The van der Waals surface area contributed by atoms with Gasteiger partial charge in [-0.15, -0.1) is 0 Å². The number of nitrogens with zero attached hydrogens (tertiary/aromatic N) is 1. The van der Waals surface area contributed by atoms with E-state index in [0.717, 1.165) is 0 Å². The van der Waals surface area contributed by atoms with Crippen molar-refractivity contribution in [3.05, 3.63) is 0 Å². The predicted molar refractivity (Wildman–Crippen MR) is 59.3 cm³/mol. The second kappa shape index (κ2) is 4.12. The number of amides is 1. The van der Waals surface area contributed by atoms with Gasteiger partial charge in [0.25, 0.3) is 0 Å². The first-order valence-corrected chi connectivity index (χ1v) is 7.00. The molecule has 1 aliphatic heterocycles. The maximum absolute atomic E-state index is 11.8. The van der Waals surface area contributed by atoms with E-state index in [1.165, 1.54) is 0 Å². The van der Waals surface area contributed by atoms with Gasteiger partial charge >= 0.3 is 0 Å². The number of hydrogen-bond acceptors (Lipinski definition) is 3. The van der Waals surface area contributed by atoms with Gasteiger partial charge in [0.1, 0.15) is 0 Å². The Bertz CT molecular complexity index is 326. The first-order valence-electron chi connectivity index (χ1n) is 5.18. The molecule has 0 aromatic heterocycles. The van der Waals surface area contributed by atoms with E-state index in [0.29, 0.717) is 19.5 Å². The molecule has 1 saturated heterocycles. The molecule has 88 valence electrons. The Morgan fingerprint density at radius 1 is 1.20 bits per heavy atom. The third-order valence-corrected chi connectivity index (χ3v) is 3.99. The van der Waals surface area contributed by atoms with Crippen LogP contribution in [-0.4, -0.2) is 43.8 Å². The molecule has 4 nitrogen and oxygen atoms in total. The summed E-state index contributed by atoms with van der Waals surface area (Å²) in [5.41, 5.74) is -0.0343. The molecule has 1 amide bonds. The minimum absolute atomic E-state index is 0.0343. The lowest BCUT2D eigenvalue weighted by Gasteiger charge is -2.29. The Morgan fingerprint density at radius 3 is 2.07 bits per heavy atom. The number of carbonyl (C=O) groups excluding carboxylic acids is 1. The standard InChI is InChI=1S/C10H19NO3S/c1-10(2,3)8-9(12)11-4-6-15(13,14)7-5-11/h4-8H2,1-3H3. The smallest absolute Gasteiger partial charge is 0.223 e. The molecule has 15 heavy (non-hydrogen) atoms. The molecule has 0 saturated carbocycles. The highest BCUT2D eigenvalue weighted by atomic mass is 32.2. The highest BCUT2D eigenvalue weighted by Gasteiger charge is 2.27. The zero-order chi connectivity index (χ0) is 11.7. The average Bonchev–Trinajstić information content (AvgIpc) is 2.00. The maximum Gasteiger partial charge on any atom is 0.223 e. The summed E-state index contributed by atoms with van der Waals surface area (Å²) >= 11 is 0. The summed E-state index contributed by atoms with van der Waals surface area (Å²) < 4.78 is 22.3. The van der Waals surface area contributed by atoms with E-state index < -0.39 is 9.84 Å². The SMILES string of the molecule is CC(C)(C)CC(=O)N1CCS(=O)(=O)CC1. The molecule has 0 N–H and O–H groups in total. The fourth-order valence-corrected chi connectivity index (χ4v) is 2.73. The largest absolute Gasteiger partial charge is 0.341 e. The molecular weight excluding hydrogens is 214 g/mol. The highest BCUT2D eigenvalue weighted by Crippen LogP contribution is 2.20. The normalized spacial score (nSPS) is 21.4. The summed E-state index contributed by atoms with van der Waals surface area (Å²) in [6.45, 7) is 6.73. The molecule has 0 aromatic rings. The number of hydrogen-bond donors (Lipinski definition) is 0. The summed E-state index contributed by atoms with van der Waals surface area (Å²) in [6.07, 6.45) is 0.479. The Kier molecular flexibility index (Phi) is 3.43. The van der Waals surface area contributed by atoms with Crippen molar-refractivity contribution in [2.24, 2.45) is 5.41 Å². The highest BCUT2D eigenvalue weighted by molar-refractivity contribution is 7.91. The minimum Gasteiger partial charge on any atom is -0.341 e. The fraction of sp³-hybridized carbons (Fsp3) is 0.900. The van der Waals surface area contributed by atoms with Gasteiger partial charge in [0.2, 0.25) is 5.91 Å². The molecule has 1 rings (SSSR count). The Hall–Kier alpha value is -0.580. The van der Waals surface area contributed by atoms with Crippen LogP contribution in [0.25, 0.3) is 0 Å². The van der Waals surface area contributed by atoms with Crippen molar-refractivity contribution in [1.82, 2.24) is 4.90 Å². The van der Waals surface area contributed by atoms with E-state index in [2.05, 4.69) is 0 Å². The van der Waals surface area contributed by atoms with Gasteiger partial charge in [0, 0.05) is 19.5 Å². The summed E-state index contributed by atoms with van der Waals surface area (Å²) in [7, 11) is -2.89. The van der Waals surface area contributed by atoms with Crippen LogP contribution in [0.15, 0.2) is 0 Å². The van der Waals surface area contributed by atoms with Gasteiger partial charge in [-0.1, -0.05) is 20.8 Å². The van der Waals surface area contributed by atoms with Crippen LogP contribution in [0.2, 0.25) is 0 Å². The molecule has 0 bridgehead atoms. The number of rotatable bonds is 1. The lowest BCUT2D eigenvalue weighted by Crippen LogP contribution is -2.44. The topological polar surface area (TPSA) is 54.5 Å². The van der Waals surface area contributed by atoms with Crippen LogP contribution >= 0.6 is 0 Å². The van der Waals surface area contributed by atoms with Crippen LogP contribution in [0.4, 0.5) is 0 Å². The minimum atomic E-state index is -2.89. The van der Waals surface area contributed by atoms with E-state index >= 15 is 0 Å². The first kappa shape index (κ1) is 12.5. The van der Waals surface area contributed by atoms with Crippen LogP contribution < -0.4 is 0 Å². The van der Waals surface area contributed by atoms with Crippen molar-refractivity contribution in [3.8, 4) is 0 Å². The third kappa shape index (κ3) is 4.20. The zero-order valence-electron chi connectivity index (χ0n) is 9.62. The first-order chi connectivity index (χ1) is 6.70. The number of carbonyl (C=O) groups is 1. The summed E-state index contributed by atoms with van der Waals surface area (Å²) in [5, 5.41) is 0. The molecule has 0 unspecified atom stereocenters. The van der Waals surface area contributed by atoms with Gasteiger partial charge in [0.05, 0.1) is 11.5 Å². The van der Waals surface area contributed by atoms with E-state index in [1.807, 2.05) is 20.8 Å². The third-order valence-electron chi connectivity index (χ3n) is 2.38. The van der Waals surface area contributed by atoms with Crippen molar-refractivity contribution in [2.75, 3.05) is 24.6 Å².